The van der Waals surface area contributed by atoms with Crippen LogP contribution in [-0.2, 0) is 14.8 Å². The lowest BCUT2D eigenvalue weighted by Gasteiger charge is -2.18. The van der Waals surface area contributed by atoms with Gasteiger partial charge in [0.1, 0.15) is 18.1 Å². The van der Waals surface area contributed by atoms with Crippen LogP contribution in [-0.4, -0.2) is 27.5 Å². The van der Waals surface area contributed by atoms with Crippen LogP contribution >= 0.6 is 0 Å². The zero-order chi connectivity index (χ0) is 21.2. The summed E-state index contributed by atoms with van der Waals surface area (Å²) in [6, 6.07) is 11.0. The Kier molecular flexibility index (Phi) is 5.75. The number of amides is 1. The Hall–Kier alpha value is -2.74. The van der Waals surface area contributed by atoms with Crippen LogP contribution in [0.4, 0.5) is 11.4 Å². The van der Waals surface area contributed by atoms with Gasteiger partial charge >= 0.3 is 0 Å². The Balaban J connectivity index is 1.77. The third-order valence-electron chi connectivity index (χ3n) is 4.40. The second-order valence-electron chi connectivity index (χ2n) is 8.12. The van der Waals surface area contributed by atoms with Crippen molar-refractivity contribution >= 4 is 27.3 Å². The number of fused-ring (bicyclic) bond motifs is 1. The summed E-state index contributed by atoms with van der Waals surface area (Å²) >= 11 is 0. The Morgan fingerprint density at radius 3 is 2.52 bits per heavy atom. The van der Waals surface area contributed by atoms with Crippen LogP contribution in [0.5, 0.6) is 11.5 Å². The number of ether oxygens (including phenoxy) is 2. The van der Waals surface area contributed by atoms with Gasteiger partial charge in [-0.05, 0) is 62.2 Å². The SMILES string of the molecule is CC(C)COc1ccc(S(=O)(=O)Nc2ccc3c(c2)NC(=O)C(C)(C)CO3)cc1. The van der Waals surface area contributed by atoms with Gasteiger partial charge in [0.25, 0.3) is 10.0 Å². The van der Waals surface area contributed by atoms with Gasteiger partial charge in [-0.15, -0.1) is 0 Å². The fourth-order valence-electron chi connectivity index (χ4n) is 2.62. The molecule has 2 N–H and O–H groups in total. The summed E-state index contributed by atoms with van der Waals surface area (Å²) in [7, 11) is -3.79. The lowest BCUT2D eigenvalue weighted by molar-refractivity contribution is -0.124. The Morgan fingerprint density at radius 1 is 1.17 bits per heavy atom. The molecule has 0 radical (unpaired) electrons. The first kappa shape index (κ1) is 21.0. The van der Waals surface area contributed by atoms with E-state index in [-0.39, 0.29) is 17.4 Å². The van der Waals surface area contributed by atoms with E-state index < -0.39 is 15.4 Å². The molecule has 156 valence electrons. The van der Waals surface area contributed by atoms with Crippen LogP contribution in [0.25, 0.3) is 0 Å². The molecule has 0 aromatic heterocycles. The Bertz CT molecular complexity index is 998. The second kappa shape index (κ2) is 7.94. The quantitative estimate of drug-likeness (QED) is 0.743. The summed E-state index contributed by atoms with van der Waals surface area (Å²) in [5.74, 6) is 1.31. The van der Waals surface area contributed by atoms with E-state index >= 15 is 0 Å². The van der Waals surface area contributed by atoms with Gasteiger partial charge in [0, 0.05) is 0 Å². The topological polar surface area (TPSA) is 93.7 Å². The van der Waals surface area contributed by atoms with Crippen molar-refractivity contribution in [1.82, 2.24) is 0 Å². The van der Waals surface area contributed by atoms with Crippen LogP contribution in [0.15, 0.2) is 47.4 Å². The molecule has 1 aliphatic rings. The van der Waals surface area contributed by atoms with Crippen molar-refractivity contribution in [3.63, 3.8) is 0 Å². The minimum atomic E-state index is -3.79. The molecule has 29 heavy (non-hydrogen) atoms. The number of benzene rings is 2. The molecule has 0 atom stereocenters. The number of hydrogen-bond donors (Lipinski definition) is 2. The van der Waals surface area contributed by atoms with Crippen molar-refractivity contribution in [3.8, 4) is 11.5 Å². The van der Waals surface area contributed by atoms with Crippen LogP contribution in [0.2, 0.25) is 0 Å². The van der Waals surface area contributed by atoms with Crippen molar-refractivity contribution in [3.05, 3.63) is 42.5 Å². The van der Waals surface area contributed by atoms with E-state index in [1.807, 2.05) is 13.8 Å². The molecule has 0 bridgehead atoms. The molecule has 0 unspecified atom stereocenters. The average molecular weight is 419 g/mol. The lowest BCUT2D eigenvalue weighted by Crippen LogP contribution is -2.33. The predicted octanol–water partition coefficient (Wildman–Crippen LogP) is 3.88. The molecule has 0 aliphatic carbocycles. The standard InChI is InChI=1S/C21H26N2O5S/c1-14(2)12-27-16-6-8-17(9-7-16)29(25,26)23-15-5-10-19-18(11-15)22-20(24)21(3,4)13-28-19/h5-11,14,23H,12-13H2,1-4H3,(H,22,24). The molecule has 8 heteroatoms. The molecule has 0 spiro atoms. The first-order valence-electron chi connectivity index (χ1n) is 9.41. The van der Waals surface area contributed by atoms with E-state index in [1.54, 1.807) is 44.2 Å². The first-order chi connectivity index (χ1) is 13.6. The highest BCUT2D eigenvalue weighted by molar-refractivity contribution is 7.92. The molecule has 3 rings (SSSR count). The molecule has 7 nitrogen and oxygen atoms in total. The zero-order valence-corrected chi connectivity index (χ0v) is 17.8. The Labute approximate surface area is 171 Å². The number of rotatable bonds is 6. The van der Waals surface area contributed by atoms with Gasteiger partial charge in [0.05, 0.1) is 28.3 Å². The average Bonchev–Trinajstić information content (AvgIpc) is 2.76. The van der Waals surface area contributed by atoms with Crippen molar-refractivity contribution < 1.29 is 22.7 Å². The number of carbonyl (C=O) groups excluding carboxylic acids is 1. The van der Waals surface area contributed by atoms with E-state index in [1.165, 1.54) is 12.1 Å². The highest BCUT2D eigenvalue weighted by Gasteiger charge is 2.32. The van der Waals surface area contributed by atoms with E-state index in [9.17, 15) is 13.2 Å². The maximum atomic E-state index is 12.7. The van der Waals surface area contributed by atoms with Crippen LogP contribution in [0, 0.1) is 11.3 Å². The molecule has 1 aliphatic heterocycles. The zero-order valence-electron chi connectivity index (χ0n) is 17.0. The fourth-order valence-corrected chi connectivity index (χ4v) is 3.67. The number of nitrogens with one attached hydrogen (secondary N) is 2. The number of anilines is 2. The van der Waals surface area contributed by atoms with Gasteiger partial charge in [-0.2, -0.15) is 0 Å². The molecular formula is C21H26N2O5S. The summed E-state index contributed by atoms with van der Waals surface area (Å²) in [5, 5.41) is 2.79. The maximum Gasteiger partial charge on any atom is 0.261 e. The normalized spacial score (nSPS) is 15.7. The molecule has 2 aromatic carbocycles. The first-order valence-corrected chi connectivity index (χ1v) is 10.9. The highest BCUT2D eigenvalue weighted by Crippen LogP contribution is 2.34. The minimum Gasteiger partial charge on any atom is -0.493 e. The van der Waals surface area contributed by atoms with Crippen molar-refractivity contribution in [2.45, 2.75) is 32.6 Å². The summed E-state index contributed by atoms with van der Waals surface area (Å²) < 4.78 is 39.2. The molecule has 0 saturated heterocycles. The van der Waals surface area contributed by atoms with Gasteiger partial charge in [-0.1, -0.05) is 13.8 Å². The van der Waals surface area contributed by atoms with Crippen LogP contribution in [0.1, 0.15) is 27.7 Å². The van der Waals surface area contributed by atoms with Gasteiger partial charge < -0.3 is 14.8 Å². The molecule has 0 fully saturated rings. The summed E-state index contributed by atoms with van der Waals surface area (Å²) in [6.45, 7) is 8.44. The van der Waals surface area contributed by atoms with Gasteiger partial charge in [-0.3, -0.25) is 9.52 Å². The molecule has 0 saturated carbocycles. The molecule has 1 amide bonds. The van der Waals surface area contributed by atoms with Gasteiger partial charge in [-0.25, -0.2) is 8.42 Å². The Morgan fingerprint density at radius 2 is 1.86 bits per heavy atom. The van der Waals surface area contributed by atoms with Crippen LogP contribution < -0.4 is 19.5 Å². The minimum absolute atomic E-state index is 0.116. The fraction of sp³-hybridized carbons (Fsp3) is 0.381. The molecule has 2 aromatic rings. The van der Waals surface area contributed by atoms with Crippen molar-refractivity contribution in [1.29, 1.82) is 0 Å². The monoisotopic (exact) mass is 418 g/mol. The van der Waals surface area contributed by atoms with E-state index in [4.69, 9.17) is 9.47 Å². The summed E-state index contributed by atoms with van der Waals surface area (Å²) in [4.78, 5) is 12.4. The number of carbonyl (C=O) groups is 1. The molecule has 1 heterocycles. The predicted molar refractivity (Wildman–Crippen MR) is 112 cm³/mol. The van der Waals surface area contributed by atoms with Gasteiger partial charge in [0.15, 0.2) is 0 Å². The molecular weight excluding hydrogens is 392 g/mol. The smallest absolute Gasteiger partial charge is 0.261 e. The maximum absolute atomic E-state index is 12.7. The van der Waals surface area contributed by atoms with Crippen molar-refractivity contribution in [2.24, 2.45) is 11.3 Å². The second-order valence-corrected chi connectivity index (χ2v) is 9.80. The van der Waals surface area contributed by atoms with Gasteiger partial charge in [0.2, 0.25) is 5.91 Å². The summed E-state index contributed by atoms with van der Waals surface area (Å²) in [6.07, 6.45) is 0. The highest BCUT2D eigenvalue weighted by atomic mass is 32.2. The third kappa shape index (κ3) is 5.00. The largest absolute Gasteiger partial charge is 0.493 e. The number of sulfonamides is 1. The lowest BCUT2D eigenvalue weighted by atomic mass is 9.94. The van der Waals surface area contributed by atoms with Crippen molar-refractivity contribution in [2.75, 3.05) is 23.3 Å². The van der Waals surface area contributed by atoms with E-state index in [2.05, 4.69) is 10.0 Å². The van der Waals surface area contributed by atoms with Crippen LogP contribution in [0.3, 0.4) is 0 Å². The summed E-state index contributed by atoms with van der Waals surface area (Å²) in [5.41, 5.74) is 0.0728. The number of hydrogen-bond acceptors (Lipinski definition) is 5. The van der Waals surface area contributed by atoms with E-state index in [0.29, 0.717) is 35.4 Å². The third-order valence-corrected chi connectivity index (χ3v) is 5.80. The van der Waals surface area contributed by atoms with E-state index in [0.717, 1.165) is 0 Å².